The van der Waals surface area contributed by atoms with Crippen molar-refractivity contribution in [2.75, 3.05) is 29.0 Å². The second-order valence-corrected chi connectivity index (χ2v) is 9.19. The first-order valence-corrected chi connectivity index (χ1v) is 12.0. The molecule has 0 saturated carbocycles. The number of primary amides is 1. The fraction of sp³-hybridized carbons (Fsp3) is 0.333. The lowest BCUT2D eigenvalue weighted by Gasteiger charge is -2.19. The van der Waals surface area contributed by atoms with Crippen molar-refractivity contribution in [2.24, 2.45) is 11.1 Å². The summed E-state index contributed by atoms with van der Waals surface area (Å²) in [6.45, 7) is 7.21. The van der Waals surface area contributed by atoms with E-state index in [1.165, 1.54) is 19.9 Å². The molecule has 1 aromatic carbocycles. The van der Waals surface area contributed by atoms with E-state index >= 15 is 0 Å². The van der Waals surface area contributed by atoms with Crippen LogP contribution < -0.4 is 27.0 Å². The molecule has 0 fully saturated rings. The van der Waals surface area contributed by atoms with Gasteiger partial charge in [-0.2, -0.15) is 4.98 Å². The van der Waals surface area contributed by atoms with Crippen molar-refractivity contribution in [1.29, 1.82) is 0 Å². The van der Waals surface area contributed by atoms with Gasteiger partial charge >= 0.3 is 0 Å². The molecule has 0 aliphatic heterocycles. The molecule has 0 spiro atoms. The average molecular weight is 560 g/mol. The summed E-state index contributed by atoms with van der Waals surface area (Å²) in [4.78, 5) is 55.5. The van der Waals surface area contributed by atoms with Crippen molar-refractivity contribution >= 4 is 62.6 Å². The molecule has 2 rings (SSSR count). The topological polar surface area (TPSA) is 168 Å². The predicted octanol–water partition coefficient (Wildman–Crippen LogP) is 2.89. The van der Waals surface area contributed by atoms with E-state index in [1.807, 2.05) is 0 Å². The minimum Gasteiger partial charge on any atom is -0.369 e. The Morgan fingerprint density at radius 2 is 1.86 bits per heavy atom. The number of hydrogen-bond donors (Lipinski definition) is 5. The number of carbonyl (C=O) groups is 4. The van der Waals surface area contributed by atoms with E-state index in [-0.39, 0.29) is 24.5 Å². The number of ketones is 1. The average Bonchev–Trinajstić information content (AvgIpc) is 2.84. The number of carbonyl (C=O) groups excluding carboxylic acids is 4. The van der Waals surface area contributed by atoms with E-state index in [2.05, 4.69) is 53.7 Å². The summed E-state index contributed by atoms with van der Waals surface area (Å²) in [6, 6.07) is 7.02. The van der Waals surface area contributed by atoms with Gasteiger partial charge in [0.15, 0.2) is 5.78 Å². The van der Waals surface area contributed by atoms with Gasteiger partial charge in [0.25, 0.3) is 0 Å². The van der Waals surface area contributed by atoms with E-state index < -0.39 is 17.2 Å². The Hall–Kier alpha value is -3.80. The number of aromatic nitrogens is 2. The van der Waals surface area contributed by atoms with Gasteiger partial charge in [0.1, 0.15) is 11.2 Å². The smallest absolute Gasteiger partial charge is 0.235 e. The molecule has 0 saturated heterocycles. The Balaban J connectivity index is 1.89. The molecule has 3 amide bonds. The minimum atomic E-state index is -1.27. The van der Waals surface area contributed by atoms with Gasteiger partial charge in [0, 0.05) is 43.5 Å². The Kier molecular flexibility index (Phi) is 10.5. The fourth-order valence-corrected chi connectivity index (χ4v) is 3.08. The molecule has 12 heteroatoms. The van der Waals surface area contributed by atoms with Gasteiger partial charge in [-0.1, -0.05) is 12.6 Å². The maximum absolute atomic E-state index is 12.1. The van der Waals surface area contributed by atoms with Gasteiger partial charge < -0.3 is 27.0 Å². The molecule has 2 aromatic rings. The van der Waals surface area contributed by atoms with Gasteiger partial charge in [-0.3, -0.25) is 19.2 Å². The van der Waals surface area contributed by atoms with E-state index in [0.29, 0.717) is 47.1 Å². The van der Waals surface area contributed by atoms with Crippen molar-refractivity contribution in [3.63, 3.8) is 0 Å². The Labute approximate surface area is 217 Å². The fourth-order valence-electron chi connectivity index (χ4n) is 2.75. The molecule has 192 valence electrons. The van der Waals surface area contributed by atoms with Gasteiger partial charge in [0.05, 0.1) is 4.47 Å². The van der Waals surface area contributed by atoms with Crippen molar-refractivity contribution in [3.05, 3.63) is 47.6 Å². The van der Waals surface area contributed by atoms with E-state index in [0.717, 1.165) is 0 Å². The number of anilines is 4. The predicted molar refractivity (Wildman–Crippen MR) is 142 cm³/mol. The first kappa shape index (κ1) is 28.4. The van der Waals surface area contributed by atoms with Crippen LogP contribution in [0.25, 0.3) is 0 Å². The lowest BCUT2D eigenvalue weighted by atomic mass is 9.91. The van der Waals surface area contributed by atoms with E-state index in [1.54, 1.807) is 30.5 Å². The van der Waals surface area contributed by atoms with Crippen molar-refractivity contribution < 1.29 is 19.2 Å². The largest absolute Gasteiger partial charge is 0.369 e. The van der Waals surface area contributed by atoms with Crippen LogP contribution >= 0.6 is 15.9 Å². The lowest BCUT2D eigenvalue weighted by Crippen LogP contribution is -2.46. The summed E-state index contributed by atoms with van der Waals surface area (Å²) in [5.74, 6) is -0.688. The molecule has 0 aliphatic carbocycles. The number of rotatable bonds is 14. The van der Waals surface area contributed by atoms with Crippen LogP contribution in [0.4, 0.5) is 23.1 Å². The summed E-state index contributed by atoms with van der Waals surface area (Å²) >= 11 is 3.41. The summed E-state index contributed by atoms with van der Waals surface area (Å²) in [7, 11) is 0. The highest BCUT2D eigenvalue weighted by Crippen LogP contribution is 2.23. The maximum atomic E-state index is 12.1. The molecule has 0 unspecified atom stereocenters. The summed E-state index contributed by atoms with van der Waals surface area (Å²) < 4.78 is 0.655. The van der Waals surface area contributed by atoms with Crippen LogP contribution in [0.15, 0.2) is 47.6 Å². The number of nitrogens with zero attached hydrogens (tertiary/aromatic N) is 2. The molecule has 1 aromatic heterocycles. The molecule has 0 aliphatic rings. The van der Waals surface area contributed by atoms with Crippen LogP contribution in [0, 0.1) is 5.41 Å². The van der Waals surface area contributed by atoms with Crippen LogP contribution in [0.2, 0.25) is 0 Å². The Morgan fingerprint density at radius 3 is 2.56 bits per heavy atom. The van der Waals surface area contributed by atoms with Crippen LogP contribution in [0.1, 0.15) is 33.1 Å². The third kappa shape index (κ3) is 8.77. The highest BCUT2D eigenvalue weighted by atomic mass is 79.9. The van der Waals surface area contributed by atoms with Gasteiger partial charge in [-0.25, -0.2) is 4.98 Å². The molecular weight excluding hydrogens is 530 g/mol. The lowest BCUT2D eigenvalue weighted by molar-refractivity contribution is -0.139. The van der Waals surface area contributed by atoms with Crippen LogP contribution in [0.3, 0.4) is 0 Å². The second kappa shape index (κ2) is 13.3. The zero-order valence-corrected chi connectivity index (χ0v) is 21.8. The molecule has 6 N–H and O–H groups in total. The highest BCUT2D eigenvalue weighted by Gasteiger charge is 2.33. The summed E-state index contributed by atoms with van der Waals surface area (Å²) in [5.41, 5.74) is 5.20. The Morgan fingerprint density at radius 1 is 1.14 bits per heavy atom. The van der Waals surface area contributed by atoms with E-state index in [9.17, 15) is 19.2 Å². The van der Waals surface area contributed by atoms with Crippen molar-refractivity contribution in [3.8, 4) is 0 Å². The van der Waals surface area contributed by atoms with E-state index in [4.69, 9.17) is 5.73 Å². The van der Waals surface area contributed by atoms with Crippen LogP contribution in [0.5, 0.6) is 0 Å². The number of nitrogens with one attached hydrogen (secondary N) is 4. The molecule has 11 nitrogen and oxygen atoms in total. The first-order chi connectivity index (χ1) is 17.0. The number of amides is 3. The molecule has 0 bridgehead atoms. The minimum absolute atomic E-state index is 0.0694. The summed E-state index contributed by atoms with van der Waals surface area (Å²) in [6.07, 6.45) is 3.55. The third-order valence-corrected chi connectivity index (χ3v) is 5.67. The maximum Gasteiger partial charge on any atom is 0.235 e. The highest BCUT2D eigenvalue weighted by molar-refractivity contribution is 9.10. The monoisotopic (exact) mass is 559 g/mol. The molecule has 0 atom stereocenters. The molecule has 1 heterocycles. The number of hydrogen-bond acceptors (Lipinski definition) is 8. The first-order valence-electron chi connectivity index (χ1n) is 11.2. The van der Waals surface area contributed by atoms with Gasteiger partial charge in [-0.05, 0) is 60.5 Å². The standard InChI is InChI=1S/C24H30BrN7O4/c1-4-17(33)9-10-19(34)30-15-7-5-8-16(13-15)31-23-29-14-18(25)20(32-23)27-11-6-12-28-22(36)24(2,3)21(26)35/h4-5,7-8,13-14H,1,6,9-12H2,2-3H3,(H2,26,35)(H,28,36)(H,30,34)(H2,27,29,31,32). The van der Waals surface area contributed by atoms with Crippen molar-refractivity contribution in [1.82, 2.24) is 15.3 Å². The molecule has 36 heavy (non-hydrogen) atoms. The number of halogens is 1. The zero-order valence-electron chi connectivity index (χ0n) is 20.2. The van der Waals surface area contributed by atoms with Gasteiger partial charge in [-0.15, -0.1) is 0 Å². The summed E-state index contributed by atoms with van der Waals surface area (Å²) in [5, 5.41) is 11.7. The Bertz CT molecular complexity index is 1140. The van der Waals surface area contributed by atoms with Crippen molar-refractivity contribution in [2.45, 2.75) is 33.1 Å². The van der Waals surface area contributed by atoms with Crippen LogP contribution in [-0.4, -0.2) is 46.6 Å². The molecular formula is C24H30BrN7O4. The normalized spacial score (nSPS) is 10.8. The second-order valence-electron chi connectivity index (χ2n) is 8.34. The SMILES string of the molecule is C=CC(=O)CCC(=O)Nc1cccc(Nc2ncc(Br)c(NCCCNC(=O)C(C)(C)C(N)=O)n2)c1. The quantitative estimate of drug-likeness (QED) is 0.134. The van der Waals surface area contributed by atoms with Crippen LogP contribution in [-0.2, 0) is 19.2 Å². The molecule has 0 radical (unpaired) electrons. The third-order valence-electron chi connectivity index (χ3n) is 5.09. The number of allylic oxidation sites excluding steroid dienone is 1. The number of nitrogens with two attached hydrogens (primary N) is 1. The number of benzene rings is 1. The van der Waals surface area contributed by atoms with Gasteiger partial charge in [0.2, 0.25) is 23.7 Å². The zero-order chi connectivity index (χ0) is 26.7.